The van der Waals surface area contributed by atoms with Gasteiger partial charge in [0, 0.05) is 11.8 Å². The lowest BCUT2D eigenvalue weighted by atomic mass is 10.0. The Labute approximate surface area is 113 Å². The number of rotatable bonds is 3. The lowest BCUT2D eigenvalue weighted by Gasteiger charge is -2.08. The highest BCUT2D eigenvalue weighted by Gasteiger charge is 2.27. The molecule has 0 atom stereocenters. The molecule has 0 unspecified atom stereocenters. The van der Waals surface area contributed by atoms with Crippen LogP contribution in [-0.2, 0) is 0 Å². The van der Waals surface area contributed by atoms with E-state index in [0.717, 1.165) is 16.8 Å². The van der Waals surface area contributed by atoms with Crippen molar-refractivity contribution in [2.75, 3.05) is 0 Å². The molecule has 1 aliphatic carbocycles. The second-order valence-corrected chi connectivity index (χ2v) is 5.16. The molecule has 1 saturated carbocycles. The van der Waals surface area contributed by atoms with Gasteiger partial charge in [-0.3, -0.25) is 4.99 Å². The van der Waals surface area contributed by atoms with E-state index in [0.29, 0.717) is 11.7 Å². The number of benzene rings is 2. The van der Waals surface area contributed by atoms with E-state index in [4.69, 9.17) is 0 Å². The molecule has 0 bridgehead atoms. The summed E-state index contributed by atoms with van der Waals surface area (Å²) in [6.07, 6.45) is 4.13. The molecule has 2 aromatic rings. The van der Waals surface area contributed by atoms with E-state index in [1.54, 1.807) is 6.21 Å². The maximum Gasteiger partial charge on any atom is 0.127 e. The van der Waals surface area contributed by atoms with Crippen LogP contribution in [-0.4, -0.2) is 11.3 Å². The fourth-order valence-electron chi connectivity index (χ4n) is 2.30. The Bertz CT molecular complexity index is 613. The summed E-state index contributed by atoms with van der Waals surface area (Å²) in [5, 5.41) is 10.3. The van der Waals surface area contributed by atoms with Crippen molar-refractivity contribution in [2.45, 2.75) is 25.7 Å². The van der Waals surface area contributed by atoms with Gasteiger partial charge in [0.25, 0.3) is 0 Å². The van der Waals surface area contributed by atoms with E-state index < -0.39 is 0 Å². The van der Waals surface area contributed by atoms with Crippen LogP contribution in [0.3, 0.4) is 0 Å². The van der Waals surface area contributed by atoms with E-state index in [2.05, 4.69) is 18.0 Å². The van der Waals surface area contributed by atoms with Crippen LogP contribution < -0.4 is 0 Å². The molecule has 2 heteroatoms. The van der Waals surface area contributed by atoms with Gasteiger partial charge in [-0.25, -0.2) is 0 Å². The van der Waals surface area contributed by atoms with Crippen molar-refractivity contribution < 1.29 is 5.11 Å². The van der Waals surface area contributed by atoms with Gasteiger partial charge in [-0.05, 0) is 55.0 Å². The maximum atomic E-state index is 10.3. The Balaban J connectivity index is 1.94. The first-order valence-corrected chi connectivity index (χ1v) is 6.66. The molecule has 1 N–H and O–H groups in total. The van der Waals surface area contributed by atoms with Gasteiger partial charge in [-0.2, -0.15) is 0 Å². The van der Waals surface area contributed by atoms with Crippen LogP contribution in [0.1, 0.15) is 35.4 Å². The molecule has 0 heterocycles. The molecule has 0 aromatic heterocycles. The minimum atomic E-state index is 0.396. The standard InChI is InChI=1S/C17H17NO/c1-12-9-14(11-18-15-5-3-2-4-6-15)17(19)16(10-12)13-7-8-13/h2-6,9-11,13,19H,7-8H2,1H3. The molecule has 19 heavy (non-hydrogen) atoms. The zero-order chi connectivity index (χ0) is 13.2. The molecule has 0 saturated heterocycles. The number of nitrogens with zero attached hydrogens (tertiary/aromatic N) is 1. The molecule has 0 amide bonds. The van der Waals surface area contributed by atoms with Crippen LogP contribution in [0.25, 0.3) is 0 Å². The Morgan fingerprint density at radius 3 is 2.58 bits per heavy atom. The lowest BCUT2D eigenvalue weighted by Crippen LogP contribution is -1.90. The zero-order valence-corrected chi connectivity index (χ0v) is 11.0. The van der Waals surface area contributed by atoms with Crippen LogP contribution in [0.4, 0.5) is 5.69 Å². The van der Waals surface area contributed by atoms with Crippen molar-refractivity contribution >= 4 is 11.9 Å². The van der Waals surface area contributed by atoms with Crippen molar-refractivity contribution in [3.05, 3.63) is 59.2 Å². The van der Waals surface area contributed by atoms with Crippen molar-refractivity contribution in [3.8, 4) is 5.75 Å². The van der Waals surface area contributed by atoms with Gasteiger partial charge < -0.3 is 5.11 Å². The van der Waals surface area contributed by atoms with Gasteiger partial charge in [0.15, 0.2) is 0 Å². The molecule has 96 valence electrons. The normalized spacial score (nSPS) is 15.0. The zero-order valence-electron chi connectivity index (χ0n) is 11.0. The summed E-state index contributed by atoms with van der Waals surface area (Å²) in [5.41, 5.74) is 3.96. The summed E-state index contributed by atoms with van der Waals surface area (Å²) in [6.45, 7) is 2.06. The summed E-state index contributed by atoms with van der Waals surface area (Å²) >= 11 is 0. The number of aromatic hydroxyl groups is 1. The van der Waals surface area contributed by atoms with Crippen LogP contribution in [0.15, 0.2) is 47.5 Å². The van der Waals surface area contributed by atoms with Crippen LogP contribution in [0.5, 0.6) is 5.75 Å². The smallest absolute Gasteiger partial charge is 0.127 e. The van der Waals surface area contributed by atoms with Crippen molar-refractivity contribution in [1.82, 2.24) is 0 Å². The quantitative estimate of drug-likeness (QED) is 0.809. The largest absolute Gasteiger partial charge is 0.507 e. The molecule has 2 nitrogen and oxygen atoms in total. The van der Waals surface area contributed by atoms with E-state index in [9.17, 15) is 5.11 Å². The number of phenolic OH excluding ortho intramolecular Hbond substituents is 1. The highest BCUT2D eigenvalue weighted by atomic mass is 16.3. The van der Waals surface area contributed by atoms with Gasteiger partial charge in [0.1, 0.15) is 5.75 Å². The third kappa shape index (κ3) is 2.68. The highest BCUT2D eigenvalue weighted by molar-refractivity contribution is 5.86. The minimum absolute atomic E-state index is 0.396. The second-order valence-electron chi connectivity index (χ2n) is 5.16. The first-order chi connectivity index (χ1) is 9.24. The molecule has 0 spiro atoms. The minimum Gasteiger partial charge on any atom is -0.507 e. The fraction of sp³-hybridized carbons (Fsp3) is 0.235. The van der Waals surface area contributed by atoms with Gasteiger partial charge >= 0.3 is 0 Å². The average molecular weight is 251 g/mol. The molecule has 0 radical (unpaired) electrons. The first kappa shape index (κ1) is 12.0. The number of para-hydroxylation sites is 1. The summed E-state index contributed by atoms with van der Waals surface area (Å²) in [7, 11) is 0. The highest BCUT2D eigenvalue weighted by Crippen LogP contribution is 2.45. The predicted octanol–water partition coefficient (Wildman–Crippen LogP) is 4.33. The van der Waals surface area contributed by atoms with Crippen molar-refractivity contribution in [2.24, 2.45) is 4.99 Å². The predicted molar refractivity (Wildman–Crippen MR) is 78.5 cm³/mol. The molecule has 1 aliphatic rings. The molecule has 1 fully saturated rings. The topological polar surface area (TPSA) is 32.6 Å². The van der Waals surface area contributed by atoms with Gasteiger partial charge in [-0.15, -0.1) is 0 Å². The summed E-state index contributed by atoms with van der Waals surface area (Å²) in [4.78, 5) is 4.41. The van der Waals surface area contributed by atoms with E-state index in [1.165, 1.54) is 18.4 Å². The number of phenols is 1. The maximum absolute atomic E-state index is 10.3. The SMILES string of the molecule is Cc1cc(C=Nc2ccccc2)c(O)c(C2CC2)c1. The summed E-state index contributed by atoms with van der Waals surface area (Å²) < 4.78 is 0. The number of aryl methyl sites for hydroxylation is 1. The summed E-state index contributed by atoms with van der Waals surface area (Å²) in [5.74, 6) is 0.941. The van der Waals surface area contributed by atoms with E-state index in [1.807, 2.05) is 36.4 Å². The third-order valence-electron chi connectivity index (χ3n) is 3.44. The Morgan fingerprint density at radius 2 is 1.89 bits per heavy atom. The van der Waals surface area contributed by atoms with E-state index >= 15 is 0 Å². The van der Waals surface area contributed by atoms with Crippen molar-refractivity contribution in [1.29, 1.82) is 0 Å². The van der Waals surface area contributed by atoms with Crippen molar-refractivity contribution in [3.63, 3.8) is 0 Å². The first-order valence-electron chi connectivity index (χ1n) is 6.66. The van der Waals surface area contributed by atoms with Gasteiger partial charge in [0.2, 0.25) is 0 Å². The second kappa shape index (κ2) is 4.88. The monoisotopic (exact) mass is 251 g/mol. The molecule has 2 aromatic carbocycles. The van der Waals surface area contributed by atoms with Crippen LogP contribution in [0.2, 0.25) is 0 Å². The fourth-order valence-corrected chi connectivity index (χ4v) is 2.30. The number of hydrogen-bond acceptors (Lipinski definition) is 2. The number of aliphatic imine (C=N–C) groups is 1. The Morgan fingerprint density at radius 1 is 1.16 bits per heavy atom. The molecule has 3 rings (SSSR count). The number of hydrogen-bond donors (Lipinski definition) is 1. The van der Waals surface area contributed by atoms with Crippen LogP contribution in [0, 0.1) is 6.92 Å². The Hall–Kier alpha value is -2.09. The summed E-state index contributed by atoms with van der Waals surface area (Å²) in [6, 6.07) is 13.8. The molecular weight excluding hydrogens is 234 g/mol. The van der Waals surface area contributed by atoms with Gasteiger partial charge in [0.05, 0.1) is 5.69 Å². The molecular formula is C17H17NO. The van der Waals surface area contributed by atoms with E-state index in [-0.39, 0.29) is 0 Å². The Kier molecular flexibility index (Phi) is 3.08. The lowest BCUT2D eigenvalue weighted by molar-refractivity contribution is 0.467. The average Bonchev–Trinajstić information content (AvgIpc) is 3.25. The molecule has 0 aliphatic heterocycles. The third-order valence-corrected chi connectivity index (χ3v) is 3.44. The van der Waals surface area contributed by atoms with Crippen LogP contribution >= 0.6 is 0 Å². The van der Waals surface area contributed by atoms with Gasteiger partial charge in [-0.1, -0.05) is 24.3 Å².